The van der Waals surface area contributed by atoms with Crippen LogP contribution in [-0.2, 0) is 56.0 Å². The topological polar surface area (TPSA) is 43.1 Å². The number of benzene rings is 6. The Balaban J connectivity index is 0.000000378. The number of alkyl halides is 24. The summed E-state index contributed by atoms with van der Waals surface area (Å²) in [6.45, 7) is 0.586. The number of hydrogen-bond acceptors (Lipinski definition) is 3. The zero-order valence-corrected chi connectivity index (χ0v) is 38.5. The summed E-state index contributed by atoms with van der Waals surface area (Å²) in [5.74, 6) is 0.0952. The molecule has 0 radical (unpaired) electrons. The van der Waals surface area contributed by atoms with E-state index in [1.165, 1.54) is 6.20 Å². The molecule has 0 unspecified atom stereocenters. The van der Waals surface area contributed by atoms with Crippen molar-refractivity contribution in [3.63, 3.8) is 0 Å². The summed E-state index contributed by atoms with van der Waals surface area (Å²) in [4.78, 5) is 16.4. The normalized spacial score (nSPS) is 13.2. The Hall–Kier alpha value is -7.75. The molecule has 0 amide bonds. The summed E-state index contributed by atoms with van der Waals surface area (Å²) in [7, 11) is 0. The fraction of sp³-hybridized carbons (Fsp3) is 0.180. The first kappa shape index (κ1) is 60.5. The van der Waals surface area contributed by atoms with Gasteiger partial charge in [-0.25, -0.2) is 4.79 Å². The van der Waals surface area contributed by atoms with Crippen LogP contribution in [0.1, 0.15) is 60.6 Å². The maximum atomic E-state index is 14.2. The molecule has 0 aliphatic heterocycles. The SMILES string of the molecule is FC(F)(F)c1cc([B-](c2cc(C(F)(F)F)cc(C(F)(F)F)c2)(c2cc(C(F)(F)F)cc(C(F)(F)F)c2)c2cc(C(F)(F)F)cc(C(F)(F)F)c2)cc(C(F)(F)F)c1.O=C(Oc1ccccc1)c1cncc[n+]1Cc1ccccc1. The molecule has 0 atom stereocenters. The van der Waals surface area contributed by atoms with Crippen LogP contribution in [0, 0.1) is 0 Å². The summed E-state index contributed by atoms with van der Waals surface area (Å²) in [5.41, 5.74) is -28.7. The molecule has 0 fully saturated rings. The molecule has 0 spiro atoms. The Kier molecular flexibility index (Phi) is 16.4. The van der Waals surface area contributed by atoms with E-state index in [9.17, 15) is 110 Å². The van der Waals surface area contributed by atoms with Crippen molar-refractivity contribution in [3.8, 4) is 5.75 Å². The molecular formula is C50H27BF24N2O2. The van der Waals surface area contributed by atoms with Crippen molar-refractivity contribution in [1.29, 1.82) is 0 Å². The van der Waals surface area contributed by atoms with Crippen LogP contribution in [-0.4, -0.2) is 17.1 Å². The second kappa shape index (κ2) is 21.5. The van der Waals surface area contributed by atoms with Crippen LogP contribution in [0.3, 0.4) is 0 Å². The number of carbonyl (C=O) groups is 1. The van der Waals surface area contributed by atoms with Crippen molar-refractivity contribution in [3.05, 3.63) is 208 Å². The number of rotatable bonds is 8. The van der Waals surface area contributed by atoms with E-state index in [1.807, 2.05) is 53.1 Å². The van der Waals surface area contributed by atoms with E-state index >= 15 is 0 Å². The van der Waals surface area contributed by atoms with Crippen molar-refractivity contribution in [1.82, 2.24) is 4.98 Å². The molecular weight excluding hydrogens is 1130 g/mol. The molecule has 0 N–H and O–H groups in total. The van der Waals surface area contributed by atoms with Crippen molar-refractivity contribution in [2.45, 2.75) is 56.0 Å². The molecule has 1 heterocycles. The lowest BCUT2D eigenvalue weighted by atomic mass is 9.12. The molecule has 4 nitrogen and oxygen atoms in total. The average Bonchev–Trinajstić information content (AvgIpc) is 3.54. The van der Waals surface area contributed by atoms with Crippen LogP contribution >= 0.6 is 0 Å². The highest BCUT2D eigenvalue weighted by atomic mass is 19.4. The minimum absolute atomic E-state index is 0.412. The van der Waals surface area contributed by atoms with Gasteiger partial charge in [0.1, 0.15) is 18.1 Å². The smallest absolute Gasteiger partial charge is 0.416 e. The van der Waals surface area contributed by atoms with Gasteiger partial charge in [-0.05, 0) is 36.4 Å². The summed E-state index contributed by atoms with van der Waals surface area (Å²) in [6.07, 6.45) is -49.9. The molecule has 420 valence electrons. The van der Waals surface area contributed by atoms with Gasteiger partial charge in [-0.1, -0.05) is 97.1 Å². The van der Waals surface area contributed by atoms with Crippen molar-refractivity contribution < 1.29 is 119 Å². The van der Waals surface area contributed by atoms with E-state index in [-0.39, 0.29) is 0 Å². The number of ether oxygens (including phenoxy) is 1. The standard InChI is InChI=1S/C32H12BF24.C18H15N2O2/c34-25(35,36)13-1-14(26(37,38)39)6-21(5-13)33(22-7-15(27(40,41)42)2-16(8-22)28(43,44)45,23-9-17(29(46,47)48)3-18(10-23)30(49,50)51)24-11-19(31(52,53)54)4-20(12-24)32(55,56)57;21-18(22-16-9-5-2-6-10-16)17-13-19-11-12-20(17)14-15-7-3-1-4-8-15/h1-12H;1-13H,14H2/q-1;+1. The Morgan fingerprint density at radius 2 is 0.658 bits per heavy atom. The summed E-state index contributed by atoms with van der Waals surface area (Å²) >= 11 is 0. The van der Waals surface area contributed by atoms with E-state index in [0.29, 0.717) is 18.0 Å². The third kappa shape index (κ3) is 14.3. The largest absolute Gasteiger partial charge is 0.419 e. The zero-order chi connectivity index (χ0) is 59.1. The molecule has 6 aromatic carbocycles. The van der Waals surface area contributed by atoms with Gasteiger partial charge in [0.15, 0.2) is 12.7 Å². The summed E-state index contributed by atoms with van der Waals surface area (Å²) < 4.78 is 348. The fourth-order valence-corrected chi connectivity index (χ4v) is 8.19. The lowest BCUT2D eigenvalue weighted by molar-refractivity contribution is -0.691. The van der Waals surface area contributed by atoms with Gasteiger partial charge in [0, 0.05) is 5.56 Å². The molecule has 0 aliphatic rings. The predicted molar refractivity (Wildman–Crippen MR) is 231 cm³/mol. The highest BCUT2D eigenvalue weighted by Crippen LogP contribution is 2.41. The fourth-order valence-electron chi connectivity index (χ4n) is 8.19. The van der Waals surface area contributed by atoms with Gasteiger partial charge < -0.3 is 4.74 Å². The van der Waals surface area contributed by atoms with E-state index in [4.69, 9.17) is 4.74 Å². The predicted octanol–water partition coefficient (Wildman–Crippen LogP) is 13.9. The first-order chi connectivity index (χ1) is 36.1. The number of carbonyl (C=O) groups excluding carboxylic acids is 1. The maximum absolute atomic E-state index is 14.2. The Morgan fingerprint density at radius 1 is 0.392 bits per heavy atom. The van der Waals surface area contributed by atoms with E-state index < -0.39 is 201 Å². The van der Waals surface area contributed by atoms with Crippen LogP contribution in [0.2, 0.25) is 0 Å². The lowest BCUT2D eigenvalue weighted by Crippen LogP contribution is -2.75. The summed E-state index contributed by atoms with van der Waals surface area (Å²) in [6, 6.07) is 10.1. The highest BCUT2D eigenvalue weighted by molar-refractivity contribution is 7.20. The minimum Gasteiger partial charge on any atom is -0.419 e. The van der Waals surface area contributed by atoms with Crippen LogP contribution in [0.4, 0.5) is 105 Å². The maximum Gasteiger partial charge on any atom is 0.416 e. The van der Waals surface area contributed by atoms with E-state index in [2.05, 4.69) is 4.98 Å². The molecule has 79 heavy (non-hydrogen) atoms. The van der Waals surface area contributed by atoms with Crippen molar-refractivity contribution in [2.24, 2.45) is 0 Å². The highest BCUT2D eigenvalue weighted by Gasteiger charge is 2.47. The Bertz CT molecular complexity index is 2870. The van der Waals surface area contributed by atoms with Gasteiger partial charge in [-0.2, -0.15) is 132 Å². The zero-order valence-electron chi connectivity index (χ0n) is 38.5. The number of esters is 1. The van der Waals surface area contributed by atoms with Gasteiger partial charge in [0.25, 0.3) is 0 Å². The number of aromatic nitrogens is 2. The van der Waals surface area contributed by atoms with E-state index in [0.717, 1.165) is 5.56 Å². The van der Waals surface area contributed by atoms with Crippen LogP contribution in [0.15, 0.2) is 152 Å². The number of hydrogen-bond donors (Lipinski definition) is 0. The van der Waals surface area contributed by atoms with Gasteiger partial charge in [0.2, 0.25) is 0 Å². The van der Waals surface area contributed by atoms with E-state index in [1.54, 1.807) is 24.5 Å². The van der Waals surface area contributed by atoms with Crippen molar-refractivity contribution in [2.75, 3.05) is 0 Å². The monoisotopic (exact) mass is 1150 g/mol. The minimum atomic E-state index is -6.13. The second-order valence-electron chi connectivity index (χ2n) is 17.0. The Labute approximate surface area is 427 Å². The third-order valence-corrected chi connectivity index (χ3v) is 11.6. The molecule has 0 saturated carbocycles. The molecule has 0 bridgehead atoms. The van der Waals surface area contributed by atoms with Crippen LogP contribution in [0.5, 0.6) is 5.75 Å². The lowest BCUT2D eigenvalue weighted by Gasteiger charge is -2.46. The average molecular weight is 1150 g/mol. The number of halogens is 24. The first-order valence-corrected chi connectivity index (χ1v) is 21.6. The van der Waals surface area contributed by atoms with Gasteiger partial charge in [0.05, 0.1) is 50.7 Å². The molecule has 0 saturated heterocycles. The third-order valence-electron chi connectivity index (χ3n) is 11.6. The van der Waals surface area contributed by atoms with Gasteiger partial charge in [-0.3, -0.25) is 4.98 Å². The van der Waals surface area contributed by atoms with Crippen LogP contribution in [0.25, 0.3) is 0 Å². The molecule has 7 aromatic rings. The quantitative estimate of drug-likeness (QED) is 0.0501. The number of nitrogens with zero attached hydrogens (tertiary/aromatic N) is 2. The molecule has 29 heteroatoms. The van der Waals surface area contributed by atoms with Gasteiger partial charge in [-0.15, -0.1) is 0 Å². The second-order valence-corrected chi connectivity index (χ2v) is 17.0. The summed E-state index contributed by atoms with van der Waals surface area (Å²) in [5, 5.41) is 0. The molecule has 1 aromatic heterocycles. The molecule has 0 aliphatic carbocycles. The van der Waals surface area contributed by atoms with Crippen LogP contribution < -0.4 is 31.2 Å². The molecule has 7 rings (SSSR count). The Morgan fingerprint density at radius 3 is 0.924 bits per heavy atom. The van der Waals surface area contributed by atoms with Gasteiger partial charge >= 0.3 is 61.1 Å². The number of para-hydroxylation sites is 1. The first-order valence-electron chi connectivity index (χ1n) is 21.6. The van der Waals surface area contributed by atoms with Crippen molar-refractivity contribution >= 4 is 34.0 Å².